The molecule has 0 aromatic heterocycles. The minimum Gasteiger partial charge on any atom is -0.481 e. The molecule has 0 aromatic carbocycles. The van der Waals surface area contributed by atoms with Gasteiger partial charge >= 0.3 is 12.0 Å². The average molecular weight is 300 g/mol. The number of amides is 2. The van der Waals surface area contributed by atoms with E-state index in [1.54, 1.807) is 7.11 Å². The summed E-state index contributed by atoms with van der Waals surface area (Å²) in [7, 11) is 1.69. The van der Waals surface area contributed by atoms with Crippen molar-refractivity contribution < 1.29 is 19.4 Å². The Kier molecular flexibility index (Phi) is 7.50. The van der Waals surface area contributed by atoms with Crippen molar-refractivity contribution >= 4 is 12.0 Å². The molecule has 6 nitrogen and oxygen atoms in total. The monoisotopic (exact) mass is 300 g/mol. The van der Waals surface area contributed by atoms with Crippen LogP contribution in [0.15, 0.2) is 0 Å². The number of aliphatic carboxylic acids is 1. The van der Waals surface area contributed by atoms with Gasteiger partial charge in [-0.15, -0.1) is 0 Å². The van der Waals surface area contributed by atoms with Crippen molar-refractivity contribution in [2.75, 3.05) is 13.7 Å². The summed E-state index contributed by atoms with van der Waals surface area (Å²) < 4.78 is 5.27. The van der Waals surface area contributed by atoms with Crippen LogP contribution in [0.2, 0.25) is 0 Å². The Bertz CT molecular complexity index is 347. The van der Waals surface area contributed by atoms with Crippen LogP contribution in [0, 0.1) is 11.8 Å². The Morgan fingerprint density at radius 3 is 2.57 bits per heavy atom. The number of hydrogen-bond donors (Lipinski definition) is 3. The molecule has 0 radical (unpaired) electrons. The summed E-state index contributed by atoms with van der Waals surface area (Å²) in [5.41, 5.74) is 0. The van der Waals surface area contributed by atoms with Gasteiger partial charge in [0.15, 0.2) is 0 Å². The molecule has 1 fully saturated rings. The van der Waals surface area contributed by atoms with Crippen molar-refractivity contribution in [3.8, 4) is 0 Å². The lowest BCUT2D eigenvalue weighted by molar-refractivity contribution is -0.138. The number of rotatable bonds is 8. The van der Waals surface area contributed by atoms with Crippen LogP contribution >= 0.6 is 0 Å². The highest BCUT2D eigenvalue weighted by Crippen LogP contribution is 2.21. The highest BCUT2D eigenvalue weighted by atomic mass is 16.5. The van der Waals surface area contributed by atoms with Gasteiger partial charge in [-0.25, -0.2) is 4.79 Å². The van der Waals surface area contributed by atoms with Crippen LogP contribution in [0.1, 0.15) is 46.0 Å². The van der Waals surface area contributed by atoms with Crippen LogP contribution in [0.5, 0.6) is 0 Å². The molecule has 0 saturated heterocycles. The fourth-order valence-corrected chi connectivity index (χ4v) is 2.91. The van der Waals surface area contributed by atoms with Gasteiger partial charge in [0.2, 0.25) is 0 Å². The third-order valence-corrected chi connectivity index (χ3v) is 3.87. The second-order valence-electron chi connectivity index (χ2n) is 6.32. The average Bonchev–Trinajstić information content (AvgIpc) is 2.82. The van der Waals surface area contributed by atoms with Crippen molar-refractivity contribution in [1.82, 2.24) is 10.6 Å². The maximum absolute atomic E-state index is 11.9. The normalized spacial score (nSPS) is 23.0. The number of carbonyl (C=O) groups excluding carboxylic acids is 1. The van der Waals surface area contributed by atoms with E-state index >= 15 is 0 Å². The fraction of sp³-hybridized carbons (Fsp3) is 0.867. The maximum Gasteiger partial charge on any atom is 0.315 e. The zero-order chi connectivity index (χ0) is 15.8. The van der Waals surface area contributed by atoms with Crippen LogP contribution in [0.25, 0.3) is 0 Å². The van der Waals surface area contributed by atoms with Crippen LogP contribution in [0.3, 0.4) is 0 Å². The van der Waals surface area contributed by atoms with Gasteiger partial charge in [0.1, 0.15) is 0 Å². The number of nitrogens with one attached hydrogen (secondary N) is 2. The Morgan fingerprint density at radius 2 is 2.05 bits per heavy atom. The molecular weight excluding hydrogens is 272 g/mol. The summed E-state index contributed by atoms with van der Waals surface area (Å²) in [5, 5.41) is 14.6. The number of ether oxygens (including phenoxy) is 1. The SMILES string of the molecule is COC1CCC(NC(=O)NCC(CC(=O)O)CC(C)C)C1. The number of hydrogen-bond acceptors (Lipinski definition) is 3. The topological polar surface area (TPSA) is 87.7 Å². The zero-order valence-corrected chi connectivity index (χ0v) is 13.2. The second kappa shape index (κ2) is 8.87. The lowest BCUT2D eigenvalue weighted by Crippen LogP contribution is -2.43. The molecule has 1 aliphatic rings. The van der Waals surface area contributed by atoms with Gasteiger partial charge in [0.05, 0.1) is 6.10 Å². The molecule has 0 aliphatic heterocycles. The van der Waals surface area contributed by atoms with Gasteiger partial charge in [-0.05, 0) is 37.5 Å². The molecule has 3 N–H and O–H groups in total. The summed E-state index contributed by atoms with van der Waals surface area (Å²) in [4.78, 5) is 22.7. The van der Waals surface area contributed by atoms with Crippen molar-refractivity contribution in [2.24, 2.45) is 11.8 Å². The molecular formula is C15H28N2O4. The van der Waals surface area contributed by atoms with E-state index in [-0.39, 0.29) is 30.5 Å². The minimum atomic E-state index is -0.818. The third-order valence-electron chi connectivity index (χ3n) is 3.87. The number of carboxylic acids is 1. The van der Waals surface area contributed by atoms with Crippen LogP contribution < -0.4 is 10.6 Å². The predicted octanol–water partition coefficient (Wildman–Crippen LogP) is 1.99. The largest absolute Gasteiger partial charge is 0.481 e. The molecule has 1 saturated carbocycles. The van der Waals surface area contributed by atoms with E-state index in [1.807, 2.05) is 0 Å². The van der Waals surface area contributed by atoms with Crippen molar-refractivity contribution in [3.63, 3.8) is 0 Å². The van der Waals surface area contributed by atoms with Crippen molar-refractivity contribution in [2.45, 2.75) is 58.1 Å². The van der Waals surface area contributed by atoms with Gasteiger partial charge in [0, 0.05) is 26.1 Å². The summed E-state index contributed by atoms with van der Waals surface area (Å²) in [6.07, 6.45) is 3.85. The maximum atomic E-state index is 11.9. The van der Waals surface area contributed by atoms with E-state index in [2.05, 4.69) is 24.5 Å². The fourth-order valence-electron chi connectivity index (χ4n) is 2.91. The smallest absolute Gasteiger partial charge is 0.315 e. The number of methoxy groups -OCH3 is 1. The van der Waals surface area contributed by atoms with Gasteiger partial charge < -0.3 is 20.5 Å². The highest BCUT2D eigenvalue weighted by molar-refractivity contribution is 5.74. The summed E-state index contributed by atoms with van der Waals surface area (Å²) >= 11 is 0. The number of carbonyl (C=O) groups is 2. The predicted molar refractivity (Wildman–Crippen MR) is 80.2 cm³/mol. The molecule has 3 unspecified atom stereocenters. The van der Waals surface area contributed by atoms with Gasteiger partial charge in [0.25, 0.3) is 0 Å². The first-order chi connectivity index (χ1) is 9.90. The molecule has 21 heavy (non-hydrogen) atoms. The van der Waals surface area contributed by atoms with Crippen molar-refractivity contribution in [1.29, 1.82) is 0 Å². The lowest BCUT2D eigenvalue weighted by Gasteiger charge is -2.19. The van der Waals surface area contributed by atoms with Crippen LogP contribution in [-0.4, -0.2) is 42.9 Å². The zero-order valence-electron chi connectivity index (χ0n) is 13.2. The van der Waals surface area contributed by atoms with Gasteiger partial charge in [-0.2, -0.15) is 0 Å². The Hall–Kier alpha value is -1.30. The molecule has 0 heterocycles. The highest BCUT2D eigenvalue weighted by Gasteiger charge is 2.25. The minimum absolute atomic E-state index is 0.0245. The summed E-state index contributed by atoms with van der Waals surface area (Å²) in [5.74, 6) is -0.429. The first kappa shape index (κ1) is 17.8. The number of urea groups is 1. The standard InChI is InChI=1S/C15H28N2O4/c1-10(2)6-11(7-14(18)19)9-16-15(20)17-12-4-5-13(8-12)21-3/h10-13H,4-9H2,1-3H3,(H,18,19)(H2,16,17,20). The molecule has 0 aromatic rings. The summed E-state index contributed by atoms with van der Waals surface area (Å²) in [6, 6.07) is -0.0612. The quantitative estimate of drug-likeness (QED) is 0.639. The Labute approximate surface area is 126 Å². The first-order valence-electron chi connectivity index (χ1n) is 7.69. The van der Waals surface area contributed by atoms with E-state index in [0.29, 0.717) is 12.5 Å². The van der Waals surface area contributed by atoms with Crippen LogP contribution in [-0.2, 0) is 9.53 Å². The molecule has 1 aliphatic carbocycles. The molecule has 3 atom stereocenters. The van der Waals surface area contributed by atoms with Gasteiger partial charge in [-0.3, -0.25) is 4.79 Å². The van der Waals surface area contributed by atoms with E-state index in [0.717, 1.165) is 25.7 Å². The Balaban J connectivity index is 2.30. The van der Waals surface area contributed by atoms with Crippen LogP contribution in [0.4, 0.5) is 4.79 Å². The molecule has 2 amide bonds. The first-order valence-corrected chi connectivity index (χ1v) is 7.69. The summed E-state index contributed by atoms with van der Waals surface area (Å²) in [6.45, 7) is 4.51. The van der Waals surface area contributed by atoms with E-state index in [4.69, 9.17) is 9.84 Å². The molecule has 6 heteroatoms. The number of carboxylic acid groups (broad SMARTS) is 1. The molecule has 1 rings (SSSR count). The molecule has 0 bridgehead atoms. The van der Waals surface area contributed by atoms with E-state index in [9.17, 15) is 9.59 Å². The molecule has 122 valence electrons. The van der Waals surface area contributed by atoms with Crippen molar-refractivity contribution in [3.05, 3.63) is 0 Å². The van der Waals surface area contributed by atoms with Gasteiger partial charge in [-0.1, -0.05) is 13.8 Å². The lowest BCUT2D eigenvalue weighted by atomic mass is 9.94. The third kappa shape index (κ3) is 7.32. The Morgan fingerprint density at radius 1 is 1.33 bits per heavy atom. The second-order valence-corrected chi connectivity index (χ2v) is 6.32. The van der Waals surface area contributed by atoms with E-state index < -0.39 is 5.97 Å². The molecule has 0 spiro atoms. The van der Waals surface area contributed by atoms with E-state index in [1.165, 1.54) is 0 Å².